The van der Waals surface area contributed by atoms with Gasteiger partial charge in [0.15, 0.2) is 0 Å². The number of rotatable bonds is 5. The molecule has 4 fully saturated rings. The van der Waals surface area contributed by atoms with Crippen molar-refractivity contribution < 1.29 is 10.2 Å². The Bertz CT molecular complexity index is 573. The molecule has 0 spiro atoms. The fourth-order valence-electron chi connectivity index (χ4n) is 9.18. The van der Waals surface area contributed by atoms with Crippen molar-refractivity contribution in [2.24, 2.45) is 52.3 Å². The third-order valence-corrected chi connectivity index (χ3v) is 11.1. The van der Waals surface area contributed by atoms with E-state index in [2.05, 4.69) is 34.6 Å². The minimum Gasteiger partial charge on any atom is -0.393 e. The lowest BCUT2D eigenvalue weighted by molar-refractivity contribution is -0.129. The molecule has 4 aliphatic rings. The van der Waals surface area contributed by atoms with Gasteiger partial charge in [0.05, 0.1) is 12.2 Å². The molecule has 0 aromatic rings. The van der Waals surface area contributed by atoms with Crippen LogP contribution in [0.2, 0.25) is 0 Å². The zero-order valence-corrected chi connectivity index (χ0v) is 19.9. The van der Waals surface area contributed by atoms with Crippen molar-refractivity contribution >= 4 is 0 Å². The summed E-state index contributed by atoms with van der Waals surface area (Å²) in [6.45, 7) is 12.0. The molecule has 0 amide bonds. The van der Waals surface area contributed by atoms with Gasteiger partial charge in [-0.05, 0) is 123 Å². The van der Waals surface area contributed by atoms with Crippen molar-refractivity contribution in [3.8, 4) is 0 Å². The molecule has 4 rings (SSSR count). The van der Waals surface area contributed by atoms with Crippen LogP contribution in [0.4, 0.5) is 0 Å². The summed E-state index contributed by atoms with van der Waals surface area (Å²) in [5, 5.41) is 20.6. The Morgan fingerprint density at radius 2 is 1.52 bits per heavy atom. The summed E-state index contributed by atoms with van der Waals surface area (Å²) < 4.78 is 0. The van der Waals surface area contributed by atoms with Crippen LogP contribution < -0.4 is 0 Å². The first-order valence-electron chi connectivity index (χ1n) is 13.0. The zero-order chi connectivity index (χ0) is 21.0. The molecule has 4 saturated carbocycles. The van der Waals surface area contributed by atoms with E-state index in [1.54, 1.807) is 0 Å². The Morgan fingerprint density at radius 1 is 0.828 bits per heavy atom. The highest BCUT2D eigenvalue weighted by molar-refractivity contribution is 5.09. The summed E-state index contributed by atoms with van der Waals surface area (Å²) in [5.74, 6) is 5.51. The molecule has 0 unspecified atom stereocenters. The summed E-state index contributed by atoms with van der Waals surface area (Å²) in [4.78, 5) is 0. The monoisotopic (exact) mass is 404 g/mol. The summed E-state index contributed by atoms with van der Waals surface area (Å²) in [6, 6.07) is 0. The molecule has 0 bridgehead atoms. The molecule has 0 aromatic heterocycles. The number of hydrogen-bond donors (Lipinski definition) is 2. The zero-order valence-electron chi connectivity index (χ0n) is 19.9. The van der Waals surface area contributed by atoms with Crippen LogP contribution >= 0.6 is 0 Å². The second-order valence-corrected chi connectivity index (χ2v) is 12.7. The number of fused-ring (bicyclic) bond motifs is 5. The third kappa shape index (κ3) is 3.73. The van der Waals surface area contributed by atoms with Gasteiger partial charge in [-0.3, -0.25) is 0 Å². The summed E-state index contributed by atoms with van der Waals surface area (Å²) in [7, 11) is 0. The smallest absolute Gasteiger partial charge is 0.0563 e. The molecule has 2 nitrogen and oxygen atoms in total. The molecule has 10 atom stereocenters. The van der Waals surface area contributed by atoms with Gasteiger partial charge in [0.1, 0.15) is 0 Å². The first-order valence-corrected chi connectivity index (χ1v) is 13.0. The molecule has 2 heteroatoms. The van der Waals surface area contributed by atoms with Crippen molar-refractivity contribution in [3.05, 3.63) is 0 Å². The molecule has 4 aliphatic carbocycles. The van der Waals surface area contributed by atoms with Crippen LogP contribution in [0.1, 0.15) is 105 Å². The second kappa shape index (κ2) is 8.12. The lowest BCUT2D eigenvalue weighted by Gasteiger charge is -2.61. The van der Waals surface area contributed by atoms with Gasteiger partial charge in [-0.1, -0.05) is 34.6 Å². The van der Waals surface area contributed by atoms with Gasteiger partial charge < -0.3 is 10.2 Å². The largest absolute Gasteiger partial charge is 0.393 e. The van der Waals surface area contributed by atoms with E-state index in [0.29, 0.717) is 16.7 Å². The van der Waals surface area contributed by atoms with Crippen LogP contribution in [0, 0.1) is 52.3 Å². The van der Waals surface area contributed by atoms with Crippen LogP contribution in [0.5, 0.6) is 0 Å². The quantitative estimate of drug-likeness (QED) is 0.553. The highest BCUT2D eigenvalue weighted by atomic mass is 16.3. The minimum atomic E-state index is -0.130. The van der Waals surface area contributed by atoms with Crippen LogP contribution in [0.3, 0.4) is 0 Å². The highest BCUT2D eigenvalue weighted by Crippen LogP contribution is 2.68. The molecule has 0 radical (unpaired) electrons. The molecule has 2 N–H and O–H groups in total. The Morgan fingerprint density at radius 3 is 2.24 bits per heavy atom. The van der Waals surface area contributed by atoms with Gasteiger partial charge in [-0.25, -0.2) is 0 Å². The predicted molar refractivity (Wildman–Crippen MR) is 120 cm³/mol. The Labute approximate surface area is 180 Å². The van der Waals surface area contributed by atoms with Gasteiger partial charge in [0.25, 0.3) is 0 Å². The highest BCUT2D eigenvalue weighted by Gasteiger charge is 2.60. The first kappa shape index (κ1) is 22.1. The second-order valence-electron chi connectivity index (χ2n) is 12.7. The maximum Gasteiger partial charge on any atom is 0.0563 e. The Balaban J connectivity index is 1.46. The van der Waals surface area contributed by atoms with E-state index in [1.165, 1.54) is 51.4 Å². The normalized spacial score (nSPS) is 49.2. The van der Waals surface area contributed by atoms with Gasteiger partial charge in [-0.15, -0.1) is 0 Å². The van der Waals surface area contributed by atoms with Crippen LogP contribution in [0.25, 0.3) is 0 Å². The molecular weight excluding hydrogens is 356 g/mol. The van der Waals surface area contributed by atoms with Gasteiger partial charge in [0.2, 0.25) is 0 Å². The average Bonchev–Trinajstić information content (AvgIpc) is 3.03. The Kier molecular flexibility index (Phi) is 6.19. The average molecular weight is 405 g/mol. The first-order chi connectivity index (χ1) is 13.7. The molecular formula is C27H48O2. The predicted octanol–water partition coefficient (Wildman–Crippen LogP) is 6.44. The topological polar surface area (TPSA) is 40.5 Å². The van der Waals surface area contributed by atoms with Crippen molar-refractivity contribution in [2.75, 3.05) is 0 Å². The molecule has 168 valence electrons. The number of hydrogen-bond acceptors (Lipinski definition) is 2. The van der Waals surface area contributed by atoms with Crippen LogP contribution in [-0.2, 0) is 0 Å². The third-order valence-electron chi connectivity index (χ3n) is 11.1. The lowest BCUT2D eigenvalue weighted by Crippen LogP contribution is -2.54. The molecule has 29 heavy (non-hydrogen) atoms. The van der Waals surface area contributed by atoms with E-state index in [9.17, 15) is 10.2 Å². The van der Waals surface area contributed by atoms with E-state index in [4.69, 9.17) is 0 Å². The van der Waals surface area contributed by atoms with E-state index in [1.807, 2.05) is 0 Å². The van der Waals surface area contributed by atoms with Gasteiger partial charge in [0, 0.05) is 0 Å². The fourth-order valence-corrected chi connectivity index (χ4v) is 9.18. The van der Waals surface area contributed by atoms with E-state index < -0.39 is 0 Å². The summed E-state index contributed by atoms with van der Waals surface area (Å²) in [5.41, 5.74) is 1.02. The van der Waals surface area contributed by atoms with Crippen molar-refractivity contribution in [1.29, 1.82) is 0 Å². The van der Waals surface area contributed by atoms with Gasteiger partial charge in [-0.2, -0.15) is 0 Å². The van der Waals surface area contributed by atoms with E-state index in [0.717, 1.165) is 54.8 Å². The Hall–Kier alpha value is -0.0800. The molecule has 0 heterocycles. The maximum absolute atomic E-state index is 10.3. The lowest BCUT2D eigenvalue weighted by atomic mass is 9.44. The molecule has 0 saturated heterocycles. The standard InChI is InChI=1S/C27H48O2/c1-17(2)25(29)11-6-18(3)22-9-10-23-21-8-7-19-16-20(28)12-14-26(19,4)24(21)13-15-27(22,23)5/h17-25,28-29H,6-16H2,1-5H3/t18-,19-,20-,21+,22-,23+,24+,25-,26+,27-/m1/s1. The van der Waals surface area contributed by atoms with Crippen molar-refractivity contribution in [3.63, 3.8) is 0 Å². The van der Waals surface area contributed by atoms with Crippen molar-refractivity contribution in [1.82, 2.24) is 0 Å². The van der Waals surface area contributed by atoms with Gasteiger partial charge >= 0.3 is 0 Å². The molecule has 0 aromatic carbocycles. The number of aliphatic hydroxyl groups excluding tert-OH is 2. The minimum absolute atomic E-state index is 0.0311. The van der Waals surface area contributed by atoms with Crippen LogP contribution in [-0.4, -0.2) is 22.4 Å². The van der Waals surface area contributed by atoms with Crippen molar-refractivity contribution in [2.45, 2.75) is 117 Å². The van der Waals surface area contributed by atoms with E-state index >= 15 is 0 Å². The number of aliphatic hydroxyl groups is 2. The fraction of sp³-hybridized carbons (Fsp3) is 1.00. The molecule has 0 aliphatic heterocycles. The van der Waals surface area contributed by atoms with Crippen LogP contribution in [0.15, 0.2) is 0 Å². The maximum atomic E-state index is 10.3. The summed E-state index contributed by atoms with van der Waals surface area (Å²) in [6.07, 6.45) is 13.9. The SMILES string of the molecule is CC(C)[C@H](O)CC[C@@H](C)[C@H]1CC[C@H]2[C@@H]3CC[C@@H]4C[C@H](O)CC[C@]4(C)[C@H]3CC[C@]12C. The summed E-state index contributed by atoms with van der Waals surface area (Å²) >= 11 is 0. The van der Waals surface area contributed by atoms with E-state index in [-0.39, 0.29) is 12.2 Å².